The summed E-state index contributed by atoms with van der Waals surface area (Å²) in [5, 5.41) is 0.859. The van der Waals surface area contributed by atoms with Crippen LogP contribution in [0.1, 0.15) is 5.69 Å². The molecule has 2 rings (SSSR count). The van der Waals surface area contributed by atoms with Crippen LogP contribution in [0.15, 0.2) is 31.8 Å². The zero-order valence-electron chi connectivity index (χ0n) is 8.77. The molecule has 0 aliphatic carbocycles. The normalized spacial score (nSPS) is 10.5. The summed E-state index contributed by atoms with van der Waals surface area (Å²) in [6, 6.07) is 3.01. The molecule has 17 heavy (non-hydrogen) atoms. The van der Waals surface area contributed by atoms with Crippen LogP contribution in [0.25, 0.3) is 0 Å². The molecule has 0 saturated heterocycles. The molecule has 0 aliphatic rings. The fourth-order valence-electron chi connectivity index (χ4n) is 1.15. The fourth-order valence-corrected chi connectivity index (χ4v) is 2.47. The van der Waals surface area contributed by atoms with Gasteiger partial charge in [-0.05, 0) is 34.6 Å². The summed E-state index contributed by atoms with van der Waals surface area (Å²) in [5.41, 5.74) is 6.02. The Labute approximate surface area is 109 Å². The first-order valence-corrected chi connectivity index (χ1v) is 6.20. The van der Waals surface area contributed by atoms with Crippen molar-refractivity contribution in [3.05, 3.63) is 32.8 Å². The topological polar surface area (TPSA) is 97.5 Å². The molecule has 6 nitrogen and oxygen atoms in total. The van der Waals surface area contributed by atoms with E-state index < -0.39 is 0 Å². The lowest BCUT2D eigenvalue weighted by Crippen LogP contribution is -2.08. The zero-order chi connectivity index (χ0) is 12.4. The number of nitrogens with one attached hydrogen (secondary N) is 1. The summed E-state index contributed by atoms with van der Waals surface area (Å²) < 4.78 is 0.586. The van der Waals surface area contributed by atoms with Gasteiger partial charge in [0.25, 0.3) is 5.56 Å². The van der Waals surface area contributed by atoms with Crippen LogP contribution in [0.4, 0.5) is 5.82 Å². The molecule has 8 heteroatoms. The van der Waals surface area contributed by atoms with Gasteiger partial charge in [0.05, 0.1) is 0 Å². The van der Waals surface area contributed by atoms with Gasteiger partial charge in [0.2, 0.25) is 0 Å². The van der Waals surface area contributed by atoms with Gasteiger partial charge in [-0.2, -0.15) is 0 Å². The van der Waals surface area contributed by atoms with Crippen LogP contribution in [-0.2, 0) is 0 Å². The van der Waals surface area contributed by atoms with Crippen LogP contribution < -0.4 is 11.3 Å². The third-order valence-electron chi connectivity index (χ3n) is 1.73. The minimum absolute atomic E-state index is 0.206. The number of aryl methyl sites for hydroxylation is 1. The second kappa shape index (κ2) is 4.84. The lowest BCUT2D eigenvalue weighted by molar-refractivity contribution is 0.887. The van der Waals surface area contributed by atoms with Gasteiger partial charge in [0.1, 0.15) is 10.4 Å². The predicted octanol–water partition coefficient (Wildman–Crippen LogP) is 1.36. The standard InChI is InChI=1S/C9H8BrN5OS/c1-4-2-7(16)15-8(12-4)17-9-13-5(10)3-6(11)14-9/h2-3H,1H3,(H2,11,13,14)(H,12,15,16). The number of nitrogens with two attached hydrogens (primary N) is 1. The summed E-state index contributed by atoms with van der Waals surface area (Å²) in [6.07, 6.45) is 0. The molecule has 2 heterocycles. The Bertz CT molecular complexity index is 594. The molecule has 0 amide bonds. The van der Waals surface area contributed by atoms with Crippen molar-refractivity contribution in [2.75, 3.05) is 5.73 Å². The summed E-state index contributed by atoms with van der Waals surface area (Å²) in [4.78, 5) is 26.1. The number of hydrogen-bond donors (Lipinski definition) is 2. The second-order valence-corrected chi connectivity index (χ2v) is 4.96. The number of H-pyrrole nitrogens is 1. The van der Waals surface area contributed by atoms with Gasteiger partial charge in [-0.25, -0.2) is 15.0 Å². The van der Waals surface area contributed by atoms with E-state index in [0.29, 0.717) is 26.4 Å². The Morgan fingerprint density at radius 3 is 2.76 bits per heavy atom. The first kappa shape index (κ1) is 12.1. The molecule has 0 aliphatic heterocycles. The van der Waals surface area contributed by atoms with E-state index in [4.69, 9.17) is 5.73 Å². The third kappa shape index (κ3) is 3.27. The minimum atomic E-state index is -0.206. The molecule has 2 aromatic heterocycles. The van der Waals surface area contributed by atoms with Gasteiger partial charge in [0.15, 0.2) is 10.3 Å². The number of aromatic nitrogens is 4. The SMILES string of the molecule is Cc1cc(=O)[nH]c(Sc2nc(N)cc(Br)n2)n1. The Morgan fingerprint density at radius 1 is 1.35 bits per heavy atom. The van der Waals surface area contributed by atoms with Crippen molar-refractivity contribution in [3.8, 4) is 0 Å². The van der Waals surface area contributed by atoms with Crippen molar-refractivity contribution in [1.29, 1.82) is 0 Å². The van der Waals surface area contributed by atoms with E-state index in [2.05, 4.69) is 35.9 Å². The fraction of sp³-hybridized carbons (Fsp3) is 0.111. The maximum absolute atomic E-state index is 11.3. The average Bonchev–Trinajstić information content (AvgIpc) is 2.13. The first-order chi connectivity index (χ1) is 8.02. The van der Waals surface area contributed by atoms with Gasteiger partial charge >= 0.3 is 0 Å². The molecule has 0 aromatic carbocycles. The van der Waals surface area contributed by atoms with E-state index in [1.165, 1.54) is 6.07 Å². The van der Waals surface area contributed by atoms with E-state index >= 15 is 0 Å². The molecule has 0 spiro atoms. The van der Waals surface area contributed by atoms with E-state index in [9.17, 15) is 4.79 Å². The highest BCUT2D eigenvalue weighted by atomic mass is 79.9. The van der Waals surface area contributed by atoms with Crippen LogP contribution >= 0.6 is 27.7 Å². The number of rotatable bonds is 2. The predicted molar refractivity (Wildman–Crippen MR) is 67.9 cm³/mol. The smallest absolute Gasteiger partial charge is 0.251 e. The van der Waals surface area contributed by atoms with Crippen LogP contribution in [0.2, 0.25) is 0 Å². The van der Waals surface area contributed by atoms with E-state index in [1.807, 2.05) is 0 Å². The first-order valence-electron chi connectivity index (χ1n) is 4.59. The number of nitrogens with zero attached hydrogens (tertiary/aromatic N) is 3. The van der Waals surface area contributed by atoms with E-state index in [1.54, 1.807) is 13.0 Å². The highest BCUT2D eigenvalue weighted by Crippen LogP contribution is 2.22. The number of aromatic amines is 1. The van der Waals surface area contributed by atoms with Crippen molar-refractivity contribution in [1.82, 2.24) is 19.9 Å². The quantitative estimate of drug-likeness (QED) is 0.642. The monoisotopic (exact) mass is 313 g/mol. The average molecular weight is 314 g/mol. The summed E-state index contributed by atoms with van der Waals surface area (Å²) >= 11 is 4.36. The molecule has 0 fully saturated rings. The van der Waals surface area contributed by atoms with Crippen molar-refractivity contribution in [3.63, 3.8) is 0 Å². The van der Waals surface area contributed by atoms with Gasteiger partial charge in [-0.1, -0.05) is 0 Å². The van der Waals surface area contributed by atoms with E-state index in [0.717, 1.165) is 11.8 Å². The van der Waals surface area contributed by atoms with Crippen molar-refractivity contribution >= 4 is 33.5 Å². The van der Waals surface area contributed by atoms with Crippen LogP contribution in [-0.4, -0.2) is 19.9 Å². The highest BCUT2D eigenvalue weighted by molar-refractivity contribution is 9.10. The Hall–Kier alpha value is -1.41. The van der Waals surface area contributed by atoms with E-state index in [-0.39, 0.29) is 5.56 Å². The molecule has 3 N–H and O–H groups in total. The Morgan fingerprint density at radius 2 is 2.12 bits per heavy atom. The van der Waals surface area contributed by atoms with Crippen molar-refractivity contribution in [2.24, 2.45) is 0 Å². The maximum atomic E-state index is 11.3. The highest BCUT2D eigenvalue weighted by Gasteiger charge is 2.06. The third-order valence-corrected chi connectivity index (χ3v) is 2.89. The molecule has 88 valence electrons. The molecular weight excluding hydrogens is 306 g/mol. The molecule has 0 saturated carbocycles. The number of nitrogen functional groups attached to an aromatic ring is 1. The number of halogens is 1. The van der Waals surface area contributed by atoms with Crippen LogP contribution in [0.5, 0.6) is 0 Å². The van der Waals surface area contributed by atoms with Crippen LogP contribution in [0.3, 0.4) is 0 Å². The molecule has 0 unspecified atom stereocenters. The van der Waals surface area contributed by atoms with Gasteiger partial charge < -0.3 is 10.7 Å². The number of anilines is 1. The molecule has 0 bridgehead atoms. The molecule has 0 radical (unpaired) electrons. The van der Waals surface area contributed by atoms with Gasteiger partial charge in [0, 0.05) is 17.8 Å². The number of hydrogen-bond acceptors (Lipinski definition) is 6. The Kier molecular flexibility index (Phi) is 3.43. The maximum Gasteiger partial charge on any atom is 0.251 e. The van der Waals surface area contributed by atoms with Gasteiger partial charge in [-0.15, -0.1) is 0 Å². The van der Waals surface area contributed by atoms with Gasteiger partial charge in [-0.3, -0.25) is 4.79 Å². The minimum Gasteiger partial charge on any atom is -0.384 e. The lowest BCUT2D eigenvalue weighted by Gasteiger charge is -2.01. The lowest BCUT2D eigenvalue weighted by atomic mass is 10.5. The van der Waals surface area contributed by atoms with Crippen LogP contribution in [0, 0.1) is 6.92 Å². The summed E-state index contributed by atoms with van der Waals surface area (Å²) in [7, 11) is 0. The molecule has 2 aromatic rings. The van der Waals surface area contributed by atoms with Crippen molar-refractivity contribution < 1.29 is 0 Å². The molecular formula is C9H8BrN5OS. The Balaban J connectivity index is 2.34. The summed E-state index contributed by atoms with van der Waals surface area (Å²) in [5.74, 6) is 0.351. The zero-order valence-corrected chi connectivity index (χ0v) is 11.2. The largest absolute Gasteiger partial charge is 0.384 e. The second-order valence-electron chi connectivity index (χ2n) is 3.19. The molecule has 0 atom stereocenters. The summed E-state index contributed by atoms with van der Waals surface area (Å²) in [6.45, 7) is 1.75. The van der Waals surface area contributed by atoms with Crippen molar-refractivity contribution in [2.45, 2.75) is 17.2 Å².